The van der Waals surface area contributed by atoms with E-state index in [9.17, 15) is 9.18 Å². The van der Waals surface area contributed by atoms with Crippen LogP contribution in [-0.4, -0.2) is 13.1 Å². The Morgan fingerprint density at radius 1 is 1.14 bits per heavy atom. The summed E-state index contributed by atoms with van der Waals surface area (Å²) in [6, 6.07) is 11.3. The summed E-state index contributed by atoms with van der Waals surface area (Å²) in [6.07, 6.45) is 0. The van der Waals surface area contributed by atoms with Gasteiger partial charge in [-0.3, -0.25) is 0 Å². The molecule has 3 N–H and O–H groups in total. The van der Waals surface area contributed by atoms with Gasteiger partial charge in [0.15, 0.2) is 0 Å². The van der Waals surface area contributed by atoms with Crippen molar-refractivity contribution in [1.29, 1.82) is 0 Å². The number of halogens is 2. The number of nitrogens with one attached hydrogen (secondary N) is 3. The Kier molecular flexibility index (Phi) is 5.00. The lowest BCUT2D eigenvalue weighted by Crippen LogP contribution is -2.24. The molecule has 0 saturated carbocycles. The van der Waals surface area contributed by atoms with Crippen LogP contribution in [0.4, 0.5) is 20.6 Å². The summed E-state index contributed by atoms with van der Waals surface area (Å²) in [5, 5.41) is 8.71. The summed E-state index contributed by atoms with van der Waals surface area (Å²) in [7, 11) is 1.55. The zero-order valence-corrected chi connectivity index (χ0v) is 12.2. The molecule has 0 heterocycles. The number of rotatable bonds is 4. The molecule has 2 rings (SSSR count). The molecule has 0 aliphatic heterocycles. The van der Waals surface area contributed by atoms with Crippen LogP contribution in [0.15, 0.2) is 42.5 Å². The highest BCUT2D eigenvalue weighted by molar-refractivity contribution is 6.31. The molecule has 2 aromatic rings. The zero-order valence-electron chi connectivity index (χ0n) is 11.4. The van der Waals surface area contributed by atoms with Crippen molar-refractivity contribution in [2.75, 3.05) is 17.7 Å². The third kappa shape index (κ3) is 4.36. The molecule has 0 saturated heterocycles. The van der Waals surface area contributed by atoms with Crippen molar-refractivity contribution in [3.63, 3.8) is 0 Å². The lowest BCUT2D eigenvalue weighted by Gasteiger charge is -2.09. The molecule has 0 aliphatic carbocycles. The Bertz CT molecular complexity index is 631. The van der Waals surface area contributed by atoms with E-state index in [1.165, 1.54) is 12.1 Å². The van der Waals surface area contributed by atoms with E-state index < -0.39 is 0 Å². The van der Waals surface area contributed by atoms with Gasteiger partial charge in [-0.15, -0.1) is 0 Å². The first-order chi connectivity index (χ1) is 10.1. The third-order valence-electron chi connectivity index (χ3n) is 2.87. The maximum atomic E-state index is 12.9. The van der Waals surface area contributed by atoms with Crippen molar-refractivity contribution in [2.24, 2.45) is 0 Å². The predicted molar refractivity (Wildman–Crippen MR) is 83.3 cm³/mol. The molecule has 4 nitrogen and oxygen atoms in total. The average molecular weight is 308 g/mol. The van der Waals surface area contributed by atoms with Gasteiger partial charge in [-0.05, 0) is 42.0 Å². The molecule has 2 amide bonds. The minimum absolute atomic E-state index is 0.270. The molecule has 0 atom stereocenters. The minimum Gasteiger partial charge on any atom is -0.381 e. The Morgan fingerprint density at radius 2 is 1.81 bits per heavy atom. The first-order valence-electron chi connectivity index (χ1n) is 6.35. The summed E-state index contributed by atoms with van der Waals surface area (Å²) in [5.74, 6) is -0.353. The molecule has 0 bridgehead atoms. The van der Waals surface area contributed by atoms with E-state index in [0.29, 0.717) is 17.3 Å². The van der Waals surface area contributed by atoms with Crippen LogP contribution in [0.3, 0.4) is 0 Å². The molecule has 2 aromatic carbocycles. The van der Waals surface area contributed by atoms with Gasteiger partial charge < -0.3 is 16.0 Å². The molecule has 6 heteroatoms. The fourth-order valence-corrected chi connectivity index (χ4v) is 1.96. The second-order valence-electron chi connectivity index (χ2n) is 4.37. The molecule has 0 unspecified atom stereocenters. The van der Waals surface area contributed by atoms with Crippen molar-refractivity contribution in [3.05, 3.63) is 58.9 Å². The average Bonchev–Trinajstić information content (AvgIpc) is 2.48. The Hall–Kier alpha value is -2.27. The molecule has 21 heavy (non-hydrogen) atoms. The van der Waals surface area contributed by atoms with Crippen LogP contribution < -0.4 is 16.0 Å². The van der Waals surface area contributed by atoms with Crippen LogP contribution in [-0.2, 0) is 6.54 Å². The number of hydrogen-bond acceptors (Lipinski definition) is 2. The highest BCUT2D eigenvalue weighted by atomic mass is 35.5. The lowest BCUT2D eigenvalue weighted by atomic mass is 10.2. The van der Waals surface area contributed by atoms with Gasteiger partial charge in [0, 0.05) is 30.0 Å². The van der Waals surface area contributed by atoms with Crippen molar-refractivity contribution in [3.8, 4) is 0 Å². The summed E-state index contributed by atoms with van der Waals surface area (Å²) in [6.45, 7) is 0.487. The largest absolute Gasteiger partial charge is 0.381 e. The Balaban J connectivity index is 1.96. The molecule has 110 valence electrons. The van der Waals surface area contributed by atoms with E-state index >= 15 is 0 Å². The van der Waals surface area contributed by atoms with E-state index in [0.717, 1.165) is 11.3 Å². The number of anilines is 2. The molecule has 0 radical (unpaired) electrons. The van der Waals surface area contributed by atoms with Gasteiger partial charge >= 0.3 is 6.03 Å². The summed E-state index contributed by atoms with van der Waals surface area (Å²) in [4.78, 5) is 11.2. The second-order valence-corrected chi connectivity index (χ2v) is 4.78. The number of carbonyl (C=O) groups is 1. The number of amides is 2. The fourth-order valence-electron chi connectivity index (χ4n) is 1.73. The number of urea groups is 1. The fraction of sp³-hybridized carbons (Fsp3) is 0.133. The normalized spacial score (nSPS) is 10.0. The second kappa shape index (κ2) is 6.95. The maximum Gasteiger partial charge on any atom is 0.318 e. The van der Waals surface area contributed by atoms with Crippen LogP contribution in [0.25, 0.3) is 0 Å². The highest BCUT2D eigenvalue weighted by Crippen LogP contribution is 2.19. The SMILES string of the molecule is CNC(=O)Nc1ccc(NCc2ccc(F)cc2Cl)cc1. The first-order valence-corrected chi connectivity index (χ1v) is 6.73. The van der Waals surface area contributed by atoms with Gasteiger partial charge in [0.05, 0.1) is 0 Å². The predicted octanol–water partition coefficient (Wildman–Crippen LogP) is 3.84. The first kappa shape index (κ1) is 15.1. The molecular formula is C15H15ClFN3O. The smallest absolute Gasteiger partial charge is 0.318 e. The number of hydrogen-bond donors (Lipinski definition) is 3. The van der Waals surface area contributed by atoms with E-state index in [4.69, 9.17) is 11.6 Å². The van der Waals surface area contributed by atoms with Crippen LogP contribution in [0, 0.1) is 5.82 Å². The van der Waals surface area contributed by atoms with E-state index in [1.807, 2.05) is 12.1 Å². The highest BCUT2D eigenvalue weighted by Gasteiger charge is 2.02. The Morgan fingerprint density at radius 3 is 2.43 bits per heavy atom. The summed E-state index contributed by atoms with van der Waals surface area (Å²) >= 11 is 5.96. The number of benzene rings is 2. The molecular weight excluding hydrogens is 293 g/mol. The molecule has 0 aliphatic rings. The van der Waals surface area contributed by atoms with Crippen LogP contribution in [0.5, 0.6) is 0 Å². The van der Waals surface area contributed by atoms with Gasteiger partial charge in [-0.1, -0.05) is 17.7 Å². The van der Waals surface area contributed by atoms with Gasteiger partial charge in [0.1, 0.15) is 5.82 Å². The number of carbonyl (C=O) groups excluding carboxylic acids is 1. The standard InChI is InChI=1S/C15H15ClFN3O/c1-18-15(21)20-13-6-4-12(5-7-13)19-9-10-2-3-11(17)8-14(10)16/h2-8,19H,9H2,1H3,(H2,18,20,21). The van der Waals surface area contributed by atoms with Gasteiger partial charge in [0.2, 0.25) is 0 Å². The van der Waals surface area contributed by atoms with Gasteiger partial charge in [-0.25, -0.2) is 9.18 Å². The topological polar surface area (TPSA) is 53.2 Å². The lowest BCUT2D eigenvalue weighted by molar-refractivity contribution is 0.254. The van der Waals surface area contributed by atoms with Gasteiger partial charge in [0.25, 0.3) is 0 Å². The summed E-state index contributed by atoms with van der Waals surface area (Å²) in [5.41, 5.74) is 2.38. The Labute approximate surface area is 127 Å². The van der Waals surface area contributed by atoms with E-state index in [-0.39, 0.29) is 11.8 Å². The van der Waals surface area contributed by atoms with Crippen LogP contribution in [0.2, 0.25) is 5.02 Å². The monoisotopic (exact) mass is 307 g/mol. The minimum atomic E-state index is -0.353. The van der Waals surface area contributed by atoms with Crippen LogP contribution in [0.1, 0.15) is 5.56 Å². The van der Waals surface area contributed by atoms with E-state index in [2.05, 4.69) is 16.0 Å². The summed E-state index contributed by atoms with van der Waals surface area (Å²) < 4.78 is 12.9. The molecule has 0 spiro atoms. The van der Waals surface area contributed by atoms with Crippen molar-refractivity contribution in [1.82, 2.24) is 5.32 Å². The third-order valence-corrected chi connectivity index (χ3v) is 3.22. The maximum absolute atomic E-state index is 12.9. The van der Waals surface area contributed by atoms with Crippen molar-refractivity contribution < 1.29 is 9.18 Å². The van der Waals surface area contributed by atoms with Crippen LogP contribution >= 0.6 is 11.6 Å². The van der Waals surface area contributed by atoms with E-state index in [1.54, 1.807) is 25.2 Å². The van der Waals surface area contributed by atoms with Crippen molar-refractivity contribution in [2.45, 2.75) is 6.54 Å². The van der Waals surface area contributed by atoms with Gasteiger partial charge in [-0.2, -0.15) is 0 Å². The van der Waals surface area contributed by atoms with Crippen molar-refractivity contribution >= 4 is 29.0 Å². The molecule has 0 aromatic heterocycles. The molecule has 0 fully saturated rings. The quantitative estimate of drug-likeness (QED) is 0.804. The zero-order chi connectivity index (χ0) is 15.2.